The van der Waals surface area contributed by atoms with Crippen LogP contribution in [-0.2, 0) is 20.8 Å². The summed E-state index contributed by atoms with van der Waals surface area (Å²) in [5.41, 5.74) is 8.62. The predicted molar refractivity (Wildman–Crippen MR) is 285 cm³/mol. The summed E-state index contributed by atoms with van der Waals surface area (Å²) in [5, 5.41) is 24.6. The molecule has 0 aromatic heterocycles. The Morgan fingerprint density at radius 2 is 1.22 bits per heavy atom. The minimum absolute atomic E-state index is 0.0387. The van der Waals surface area contributed by atoms with Gasteiger partial charge in [-0.15, -0.1) is 0 Å². The van der Waals surface area contributed by atoms with E-state index in [1.54, 1.807) is 16.7 Å². The number of nitrogens with zero attached hydrogens (tertiary/aromatic N) is 1. The molecule has 22 atom stereocenters. The smallest absolute Gasteiger partial charge is 0.410 e. The first-order valence-electron chi connectivity index (χ1n) is 30.3. The number of rotatable bonds is 2. The Bertz CT molecular complexity index is 2250. The molecule has 1 aromatic carbocycles. The lowest BCUT2D eigenvalue weighted by Crippen LogP contribution is -2.54. The molecule has 0 radical (unpaired) electrons. The Labute approximate surface area is 435 Å². The van der Waals surface area contributed by atoms with Gasteiger partial charge in [-0.05, 0) is 224 Å². The molecule has 10 fully saturated rings. The second-order valence-corrected chi connectivity index (χ2v) is 28.4. The highest BCUT2D eigenvalue weighted by Gasteiger charge is 2.62. The van der Waals surface area contributed by atoms with Gasteiger partial charge in [-0.1, -0.05) is 94.2 Å². The Morgan fingerprint density at radius 3 is 1.81 bits per heavy atom. The van der Waals surface area contributed by atoms with Crippen molar-refractivity contribution >= 4 is 6.09 Å². The Kier molecular flexibility index (Phi) is 13.4. The average Bonchev–Trinajstić information content (AvgIpc) is 4.03. The van der Waals surface area contributed by atoms with Gasteiger partial charge in [0.25, 0.3) is 0 Å². The van der Waals surface area contributed by atoms with Gasteiger partial charge in [0.2, 0.25) is 0 Å². The molecule has 6 saturated carbocycles. The van der Waals surface area contributed by atoms with E-state index in [4.69, 9.17) is 14.2 Å². The number of carbonyl (C=O) groups is 1. The highest BCUT2D eigenvalue weighted by atomic mass is 16.6. The second kappa shape index (κ2) is 19.0. The van der Waals surface area contributed by atoms with Crippen molar-refractivity contribution in [1.29, 1.82) is 0 Å². The highest BCUT2D eigenvalue weighted by molar-refractivity contribution is 5.68. The number of benzene rings is 1. The maximum absolute atomic E-state index is 13.5. The normalized spacial score (nSPS) is 50.3. The molecule has 4 saturated heterocycles. The minimum Gasteiger partial charge on any atom is -0.445 e. The Hall–Kier alpha value is -2.23. The van der Waals surface area contributed by atoms with Gasteiger partial charge >= 0.3 is 6.09 Å². The molecule has 72 heavy (non-hydrogen) atoms. The van der Waals surface area contributed by atoms with Crippen molar-refractivity contribution in [1.82, 2.24) is 10.2 Å². The number of likely N-dealkylation sites (tertiary alicyclic amines) is 1. The van der Waals surface area contributed by atoms with Gasteiger partial charge in [0.15, 0.2) is 0 Å². The van der Waals surface area contributed by atoms with Crippen molar-refractivity contribution in [3.63, 3.8) is 0 Å². The third-order valence-corrected chi connectivity index (χ3v) is 24.8. The third-order valence-electron chi connectivity index (χ3n) is 24.8. The lowest BCUT2D eigenvalue weighted by molar-refractivity contribution is -0.0832. The molecule has 3 N–H and O–H groups in total. The summed E-state index contributed by atoms with van der Waals surface area (Å²) in [4.78, 5) is 15.5. The van der Waals surface area contributed by atoms with Crippen molar-refractivity contribution in [2.75, 3.05) is 13.1 Å². The SMILES string of the molecule is CC1=C2C[C@H]3[C@@H](CC[C@@H]4C[C@@H](O)CC[C@@]43C)[C@@H]2CC[C@@]2(C1)O[C@@H]1C[C@H](C)CN(C(=O)OCc3ccccc3)[C@H]1[C@H]2C.CC1=C2C[C@H]3[C@@H](CC[C@@H]4C[C@@H](O)CC[C@@]43C)[C@@H]2CC[C@@]2(C1)O[C@@H]1C[C@H](C)CN[C@H]1[C@H]2C. The number of hydrogen-bond donors (Lipinski definition) is 3. The van der Waals surface area contributed by atoms with Gasteiger partial charge < -0.3 is 34.6 Å². The number of piperidine rings is 2. The van der Waals surface area contributed by atoms with Crippen LogP contribution in [0.3, 0.4) is 0 Å². The van der Waals surface area contributed by atoms with Crippen LogP contribution in [0.15, 0.2) is 52.6 Å². The molecular formula is C64H96N2O6. The summed E-state index contributed by atoms with van der Waals surface area (Å²) in [6.07, 6.45) is 24.0. The molecule has 13 rings (SSSR count). The predicted octanol–water partition coefficient (Wildman–Crippen LogP) is 13.0. The molecule has 12 aliphatic rings. The lowest BCUT2D eigenvalue weighted by atomic mass is 9.52. The topological polar surface area (TPSA) is 100 Å². The summed E-state index contributed by atoms with van der Waals surface area (Å²) >= 11 is 0. The molecule has 1 amide bonds. The largest absolute Gasteiger partial charge is 0.445 e. The van der Waals surface area contributed by atoms with Gasteiger partial charge in [-0.3, -0.25) is 0 Å². The first-order valence-corrected chi connectivity index (χ1v) is 30.3. The molecular weight excluding hydrogens is 893 g/mol. The number of amides is 1. The van der Waals surface area contributed by atoms with Gasteiger partial charge in [0, 0.05) is 24.4 Å². The number of ether oxygens (including phenoxy) is 3. The molecule has 398 valence electrons. The molecule has 2 spiro atoms. The molecule has 0 bridgehead atoms. The van der Waals surface area contributed by atoms with Crippen LogP contribution in [0.4, 0.5) is 4.79 Å². The highest BCUT2D eigenvalue weighted by Crippen LogP contribution is 2.67. The standard InChI is InChI=1S/C36H51NO4.C28H45NO2/c1-22-16-32-33(37(20-22)34(39)40-21-25-8-6-5-7-9-25)24(3)36(41-32)15-13-28-29-11-10-26-17-27(38)12-14-35(26,4)31(29)18-30(28)23(2)19-36;1-16-11-25-26(29-15-16)18(3)28(31-25)10-8-21-22-6-5-19-12-20(30)7-9-27(19,4)24(22)13-23(21)17(2)14-28/h5-9,22,24,26-29,31-33,38H,10-21H2,1-4H3;16,18-22,24-26,29-30H,5-15H2,1-4H3/t22-,24+,26+,27-,28-,29-,31-,32+,33-,35-,36-;16-,18+,19+,20-,21-,22-,24-,25+,26-,27-,28-/m00/s1. The van der Waals surface area contributed by atoms with E-state index >= 15 is 0 Å². The van der Waals surface area contributed by atoms with Gasteiger partial charge in [0.1, 0.15) is 6.61 Å². The second-order valence-electron chi connectivity index (χ2n) is 28.4. The maximum Gasteiger partial charge on any atom is 0.410 e. The summed E-state index contributed by atoms with van der Waals surface area (Å²) < 4.78 is 20.1. The van der Waals surface area contributed by atoms with Gasteiger partial charge in [-0.25, -0.2) is 4.79 Å². The van der Waals surface area contributed by atoms with E-state index in [1.165, 1.54) is 83.5 Å². The quantitative estimate of drug-likeness (QED) is 0.254. The summed E-state index contributed by atoms with van der Waals surface area (Å²) in [6.45, 7) is 21.7. The van der Waals surface area contributed by atoms with Gasteiger partial charge in [0.05, 0.1) is 41.7 Å². The van der Waals surface area contributed by atoms with Crippen LogP contribution in [0.5, 0.6) is 0 Å². The molecule has 8 heteroatoms. The van der Waals surface area contributed by atoms with Crippen LogP contribution in [-0.4, -0.2) is 82.0 Å². The zero-order chi connectivity index (χ0) is 50.1. The summed E-state index contributed by atoms with van der Waals surface area (Å²) in [7, 11) is 0. The number of carbonyl (C=O) groups excluding carboxylic acids is 1. The number of allylic oxidation sites excluding steroid dienone is 2. The number of nitrogens with one attached hydrogen (secondary N) is 1. The fourth-order valence-electron chi connectivity index (χ4n) is 20.8. The summed E-state index contributed by atoms with van der Waals surface area (Å²) in [6, 6.07) is 10.6. The number of aliphatic hydroxyl groups is 2. The van der Waals surface area contributed by atoms with Crippen molar-refractivity contribution in [2.45, 2.75) is 238 Å². The first-order chi connectivity index (χ1) is 34.5. The molecule has 4 heterocycles. The number of hydrogen-bond acceptors (Lipinski definition) is 7. The van der Waals surface area contributed by atoms with Crippen molar-refractivity contribution in [3.8, 4) is 0 Å². The van der Waals surface area contributed by atoms with E-state index in [-0.39, 0.29) is 47.6 Å². The van der Waals surface area contributed by atoms with E-state index < -0.39 is 0 Å². The van der Waals surface area contributed by atoms with E-state index in [2.05, 4.69) is 60.7 Å². The van der Waals surface area contributed by atoms with E-state index in [1.807, 2.05) is 40.8 Å². The fraction of sp³-hybridized carbons (Fsp3) is 0.828. The number of aliphatic hydroxyl groups excluding tert-OH is 2. The average molecular weight is 989 g/mol. The molecule has 4 aliphatic heterocycles. The van der Waals surface area contributed by atoms with Crippen LogP contribution >= 0.6 is 0 Å². The van der Waals surface area contributed by atoms with Crippen LogP contribution in [0.2, 0.25) is 0 Å². The summed E-state index contributed by atoms with van der Waals surface area (Å²) in [5.74, 6) is 8.27. The van der Waals surface area contributed by atoms with E-state index in [0.29, 0.717) is 53.3 Å². The minimum atomic E-state index is -0.190. The molecule has 8 nitrogen and oxygen atoms in total. The Morgan fingerprint density at radius 1 is 0.681 bits per heavy atom. The number of fused-ring (bicyclic) bond motifs is 12. The zero-order valence-corrected chi connectivity index (χ0v) is 46.0. The van der Waals surface area contributed by atoms with Crippen LogP contribution in [0, 0.1) is 81.8 Å². The van der Waals surface area contributed by atoms with Crippen molar-refractivity contribution in [2.24, 2.45) is 81.8 Å². The zero-order valence-electron chi connectivity index (χ0n) is 46.0. The van der Waals surface area contributed by atoms with Crippen LogP contribution in [0.1, 0.15) is 189 Å². The Balaban J connectivity index is 0.000000153. The van der Waals surface area contributed by atoms with Gasteiger partial charge in [-0.2, -0.15) is 0 Å². The molecule has 0 unspecified atom stereocenters. The lowest BCUT2D eigenvalue weighted by Gasteiger charge is -2.53. The molecule has 1 aromatic rings. The first kappa shape index (κ1) is 50.6. The van der Waals surface area contributed by atoms with E-state index in [0.717, 1.165) is 105 Å². The maximum atomic E-state index is 13.5. The van der Waals surface area contributed by atoms with Crippen molar-refractivity contribution < 1.29 is 29.2 Å². The van der Waals surface area contributed by atoms with Crippen LogP contribution in [0.25, 0.3) is 0 Å². The van der Waals surface area contributed by atoms with Crippen molar-refractivity contribution in [3.05, 3.63) is 58.2 Å². The van der Waals surface area contributed by atoms with Crippen LogP contribution < -0.4 is 5.32 Å². The van der Waals surface area contributed by atoms with E-state index in [9.17, 15) is 15.0 Å². The monoisotopic (exact) mass is 989 g/mol. The third kappa shape index (κ3) is 8.39. The molecule has 8 aliphatic carbocycles. The fourth-order valence-corrected chi connectivity index (χ4v) is 20.8.